The SMILES string of the molecule is CC/C=C\C/C=C\C/C=C\C/C=C\CCCCCCCCCCCCCCCCCCC(=O)OCC(COC(=O)CCCCCCCCCCCCCC)OC(=O)CCCCCCCCCCCCCCCCCCCCC. The number of hydrogen-bond donors (Lipinski definition) is 0. The fourth-order valence-electron chi connectivity index (χ4n) is 10.4. The van der Waals surface area contributed by atoms with Crippen molar-refractivity contribution in [3.63, 3.8) is 0 Å². The highest BCUT2D eigenvalue weighted by molar-refractivity contribution is 5.71. The van der Waals surface area contributed by atoms with Crippen LogP contribution in [0.4, 0.5) is 0 Å². The van der Waals surface area contributed by atoms with Crippen molar-refractivity contribution in [1.82, 2.24) is 0 Å². The quantitative estimate of drug-likeness (QED) is 0.0261. The zero-order valence-corrected chi connectivity index (χ0v) is 52.5. The smallest absolute Gasteiger partial charge is 0.306 e. The largest absolute Gasteiger partial charge is 0.462 e. The van der Waals surface area contributed by atoms with Gasteiger partial charge in [-0.25, -0.2) is 0 Å². The van der Waals surface area contributed by atoms with Crippen LogP contribution in [0.3, 0.4) is 0 Å². The zero-order valence-electron chi connectivity index (χ0n) is 52.5. The average molecular weight is 1090 g/mol. The molecule has 78 heavy (non-hydrogen) atoms. The molecule has 0 spiro atoms. The van der Waals surface area contributed by atoms with Crippen LogP contribution in [0.25, 0.3) is 0 Å². The van der Waals surface area contributed by atoms with E-state index in [0.29, 0.717) is 19.3 Å². The Balaban J connectivity index is 4.17. The van der Waals surface area contributed by atoms with E-state index in [1.807, 2.05) is 0 Å². The van der Waals surface area contributed by atoms with Crippen LogP contribution in [0.2, 0.25) is 0 Å². The highest BCUT2D eigenvalue weighted by Crippen LogP contribution is 2.18. The number of hydrogen-bond acceptors (Lipinski definition) is 6. The molecule has 0 fully saturated rings. The minimum absolute atomic E-state index is 0.0656. The topological polar surface area (TPSA) is 78.9 Å². The molecule has 1 unspecified atom stereocenters. The molecule has 6 heteroatoms. The first kappa shape index (κ1) is 75.4. The summed E-state index contributed by atoms with van der Waals surface area (Å²) < 4.78 is 17.0. The van der Waals surface area contributed by atoms with Crippen LogP contribution in [-0.4, -0.2) is 37.2 Å². The summed E-state index contributed by atoms with van der Waals surface area (Å²) in [5.41, 5.74) is 0. The molecular weight excluding hydrogens is 961 g/mol. The van der Waals surface area contributed by atoms with Gasteiger partial charge in [-0.1, -0.05) is 345 Å². The van der Waals surface area contributed by atoms with Gasteiger partial charge in [-0.15, -0.1) is 0 Å². The van der Waals surface area contributed by atoms with Gasteiger partial charge in [-0.2, -0.15) is 0 Å². The summed E-state index contributed by atoms with van der Waals surface area (Å²) >= 11 is 0. The molecular formula is C72H132O6. The number of esters is 3. The van der Waals surface area contributed by atoms with Gasteiger partial charge < -0.3 is 14.2 Å². The van der Waals surface area contributed by atoms with Gasteiger partial charge in [0.1, 0.15) is 13.2 Å². The molecule has 0 saturated carbocycles. The Labute approximate surface area is 486 Å². The first-order valence-corrected chi connectivity index (χ1v) is 34.6. The number of carbonyl (C=O) groups excluding carboxylic acids is 3. The fraction of sp³-hybridized carbons (Fsp3) is 0.847. The summed E-state index contributed by atoms with van der Waals surface area (Å²) in [5, 5.41) is 0. The highest BCUT2D eigenvalue weighted by atomic mass is 16.6. The van der Waals surface area contributed by atoms with Crippen molar-refractivity contribution in [2.75, 3.05) is 13.2 Å². The van der Waals surface area contributed by atoms with E-state index in [9.17, 15) is 14.4 Å². The van der Waals surface area contributed by atoms with Gasteiger partial charge in [0.15, 0.2) is 6.10 Å². The maximum absolute atomic E-state index is 12.9. The fourth-order valence-corrected chi connectivity index (χ4v) is 10.4. The molecule has 0 radical (unpaired) electrons. The average Bonchev–Trinajstić information content (AvgIpc) is 3.44. The van der Waals surface area contributed by atoms with E-state index in [1.165, 1.54) is 250 Å². The first-order chi connectivity index (χ1) is 38.5. The Morgan fingerprint density at radius 2 is 0.500 bits per heavy atom. The van der Waals surface area contributed by atoms with Crippen LogP contribution in [-0.2, 0) is 28.6 Å². The van der Waals surface area contributed by atoms with E-state index in [2.05, 4.69) is 69.4 Å². The van der Waals surface area contributed by atoms with Crippen LogP contribution < -0.4 is 0 Å². The Bertz CT molecular complexity index is 1350. The number of unbranched alkanes of at least 4 members (excludes halogenated alkanes) is 45. The van der Waals surface area contributed by atoms with Crippen molar-refractivity contribution >= 4 is 17.9 Å². The minimum atomic E-state index is -0.768. The summed E-state index contributed by atoms with van der Waals surface area (Å²) in [6, 6.07) is 0. The van der Waals surface area contributed by atoms with E-state index in [4.69, 9.17) is 14.2 Å². The summed E-state index contributed by atoms with van der Waals surface area (Å²) in [6.07, 6.45) is 84.2. The second-order valence-electron chi connectivity index (χ2n) is 23.4. The van der Waals surface area contributed by atoms with Gasteiger partial charge >= 0.3 is 17.9 Å². The number of ether oxygens (including phenoxy) is 3. The first-order valence-electron chi connectivity index (χ1n) is 34.6. The van der Waals surface area contributed by atoms with Crippen molar-refractivity contribution in [2.24, 2.45) is 0 Å². The standard InChI is InChI=1S/C72H132O6/c1-4-7-10-13-16-19-22-25-27-29-31-32-33-34-35-36-37-38-39-40-42-43-45-47-50-53-56-59-62-65-71(74)77-68-69(67-76-70(73)64-61-58-55-52-49-24-21-18-15-12-9-6-3)78-72(75)66-63-60-57-54-51-48-46-44-41-30-28-26-23-20-17-14-11-8-5-2/h7,10,16,19,25,27,31-32,69H,4-6,8-9,11-15,17-18,20-24,26,28-30,33-68H2,1-3H3/b10-7-,19-16-,27-25-,32-31-. The zero-order chi connectivity index (χ0) is 56.4. The lowest BCUT2D eigenvalue weighted by Crippen LogP contribution is -2.30. The molecule has 0 amide bonds. The number of allylic oxidation sites excluding steroid dienone is 8. The molecule has 0 aromatic heterocycles. The Kier molecular flexibility index (Phi) is 64.6. The number of carbonyl (C=O) groups is 3. The predicted octanol–water partition coefficient (Wildman–Crippen LogP) is 23.7. The second kappa shape index (κ2) is 66.9. The van der Waals surface area contributed by atoms with Gasteiger partial charge in [-0.05, 0) is 57.8 Å². The van der Waals surface area contributed by atoms with E-state index < -0.39 is 6.10 Å². The maximum Gasteiger partial charge on any atom is 0.306 e. The van der Waals surface area contributed by atoms with Gasteiger partial charge in [0.25, 0.3) is 0 Å². The Hall–Kier alpha value is -2.63. The molecule has 0 bridgehead atoms. The molecule has 0 heterocycles. The third-order valence-electron chi connectivity index (χ3n) is 15.6. The molecule has 456 valence electrons. The van der Waals surface area contributed by atoms with Crippen LogP contribution in [0.15, 0.2) is 48.6 Å². The lowest BCUT2D eigenvalue weighted by molar-refractivity contribution is -0.167. The molecule has 1 atom stereocenters. The third kappa shape index (κ3) is 64.2. The van der Waals surface area contributed by atoms with Crippen LogP contribution >= 0.6 is 0 Å². The summed E-state index contributed by atoms with van der Waals surface area (Å²) in [6.45, 7) is 6.59. The molecule has 0 aliphatic carbocycles. The maximum atomic E-state index is 12.9. The molecule has 0 aliphatic rings. The summed E-state index contributed by atoms with van der Waals surface area (Å²) in [7, 11) is 0. The molecule has 0 aromatic carbocycles. The van der Waals surface area contributed by atoms with E-state index in [1.54, 1.807) is 0 Å². The van der Waals surface area contributed by atoms with Crippen molar-refractivity contribution in [2.45, 2.75) is 380 Å². The van der Waals surface area contributed by atoms with Crippen LogP contribution in [0.5, 0.6) is 0 Å². The lowest BCUT2D eigenvalue weighted by Gasteiger charge is -2.18. The monoisotopic (exact) mass is 1090 g/mol. The molecule has 0 aromatic rings. The van der Waals surface area contributed by atoms with Crippen molar-refractivity contribution in [1.29, 1.82) is 0 Å². The predicted molar refractivity (Wildman–Crippen MR) is 339 cm³/mol. The molecule has 0 rings (SSSR count). The van der Waals surface area contributed by atoms with Gasteiger partial charge in [0.05, 0.1) is 0 Å². The van der Waals surface area contributed by atoms with Crippen molar-refractivity contribution in [3.8, 4) is 0 Å². The molecule has 6 nitrogen and oxygen atoms in total. The Morgan fingerprint density at radius 1 is 0.269 bits per heavy atom. The second-order valence-corrected chi connectivity index (χ2v) is 23.4. The Morgan fingerprint density at radius 3 is 0.782 bits per heavy atom. The van der Waals surface area contributed by atoms with Gasteiger partial charge in [-0.3, -0.25) is 14.4 Å². The van der Waals surface area contributed by atoms with Gasteiger partial charge in [0, 0.05) is 19.3 Å². The highest BCUT2D eigenvalue weighted by Gasteiger charge is 2.19. The van der Waals surface area contributed by atoms with Crippen LogP contribution in [0.1, 0.15) is 374 Å². The lowest BCUT2D eigenvalue weighted by atomic mass is 10.0. The normalized spacial score (nSPS) is 12.3. The van der Waals surface area contributed by atoms with E-state index in [-0.39, 0.29) is 31.1 Å². The summed E-state index contributed by atoms with van der Waals surface area (Å²) in [4.78, 5) is 38.4. The van der Waals surface area contributed by atoms with Crippen molar-refractivity contribution in [3.05, 3.63) is 48.6 Å². The van der Waals surface area contributed by atoms with E-state index in [0.717, 1.165) is 83.5 Å². The molecule has 0 N–H and O–H groups in total. The van der Waals surface area contributed by atoms with Crippen molar-refractivity contribution < 1.29 is 28.6 Å². The van der Waals surface area contributed by atoms with E-state index >= 15 is 0 Å². The van der Waals surface area contributed by atoms with Crippen LogP contribution in [0, 0.1) is 0 Å². The molecule has 0 saturated heterocycles. The number of rotatable bonds is 64. The minimum Gasteiger partial charge on any atom is -0.462 e. The summed E-state index contributed by atoms with van der Waals surface area (Å²) in [5.74, 6) is -0.837. The van der Waals surface area contributed by atoms with Gasteiger partial charge in [0.2, 0.25) is 0 Å². The molecule has 0 aliphatic heterocycles. The third-order valence-corrected chi connectivity index (χ3v) is 15.6.